The number of hydrogen-bond acceptors (Lipinski definition) is 4. The third kappa shape index (κ3) is 3.38. The van der Waals surface area contributed by atoms with Gasteiger partial charge in [0.25, 0.3) is 0 Å². The number of carbonyl (C=O) groups is 1. The molecule has 0 saturated heterocycles. The van der Waals surface area contributed by atoms with Crippen molar-refractivity contribution in [3.8, 4) is 0 Å². The van der Waals surface area contributed by atoms with Crippen LogP contribution in [0.25, 0.3) is 0 Å². The fourth-order valence-corrected chi connectivity index (χ4v) is 3.70. The van der Waals surface area contributed by atoms with E-state index in [1.54, 1.807) is 16.2 Å². The molecular weight excluding hydrogens is 310 g/mol. The summed E-state index contributed by atoms with van der Waals surface area (Å²) in [7, 11) is 0. The summed E-state index contributed by atoms with van der Waals surface area (Å²) in [6.45, 7) is 3.04. The van der Waals surface area contributed by atoms with Crippen LogP contribution in [-0.4, -0.2) is 34.2 Å². The number of aromatic nitrogens is 1. The number of carbonyl (C=O) groups excluding carboxylic acids is 1. The zero-order valence-corrected chi connectivity index (χ0v) is 14.0. The summed E-state index contributed by atoms with van der Waals surface area (Å²) in [5.74, 6) is 0. The van der Waals surface area contributed by atoms with Crippen LogP contribution in [-0.2, 0) is 19.4 Å². The van der Waals surface area contributed by atoms with Gasteiger partial charge in [-0.05, 0) is 24.0 Å². The number of aryl methyl sites for hydroxylation is 1. The first kappa shape index (κ1) is 16.0. The van der Waals surface area contributed by atoms with Gasteiger partial charge >= 0.3 is 6.03 Å². The first-order chi connectivity index (χ1) is 11.2. The van der Waals surface area contributed by atoms with Gasteiger partial charge in [-0.3, -0.25) is 0 Å². The maximum absolute atomic E-state index is 12.5. The van der Waals surface area contributed by atoms with E-state index in [4.69, 9.17) is 0 Å². The third-order valence-electron chi connectivity index (χ3n) is 4.17. The van der Waals surface area contributed by atoms with Gasteiger partial charge in [-0.15, -0.1) is 11.3 Å². The molecule has 5 nitrogen and oxygen atoms in total. The summed E-state index contributed by atoms with van der Waals surface area (Å²) >= 11 is 1.62. The number of nitrogens with one attached hydrogen (secondary N) is 1. The van der Waals surface area contributed by atoms with E-state index in [2.05, 4.69) is 23.3 Å². The number of amides is 2. The standard InChI is InChI=1S/C17H21N3O2S/c1-2-16-19-13(11-23-16)9-18-17(22)20-8-7-12-5-3-4-6-14(12)15(20)10-21/h3-6,11,15,21H,2,7-10H2,1H3,(H,18,22)/t15-/m0/s1. The van der Waals surface area contributed by atoms with Crippen molar-refractivity contribution in [2.45, 2.75) is 32.4 Å². The van der Waals surface area contributed by atoms with Gasteiger partial charge in [0, 0.05) is 11.9 Å². The molecule has 1 aliphatic heterocycles. The molecule has 2 amide bonds. The number of thiazole rings is 1. The molecule has 2 N–H and O–H groups in total. The van der Waals surface area contributed by atoms with E-state index in [1.807, 2.05) is 23.6 Å². The molecule has 0 saturated carbocycles. The van der Waals surface area contributed by atoms with Crippen LogP contribution in [0.1, 0.15) is 34.8 Å². The topological polar surface area (TPSA) is 65.5 Å². The van der Waals surface area contributed by atoms with Crippen LogP contribution in [0, 0.1) is 0 Å². The van der Waals surface area contributed by atoms with E-state index in [-0.39, 0.29) is 18.7 Å². The molecule has 2 aromatic rings. The van der Waals surface area contributed by atoms with E-state index >= 15 is 0 Å². The Kier molecular flexibility index (Phi) is 4.93. The lowest BCUT2D eigenvalue weighted by Crippen LogP contribution is -2.46. The van der Waals surface area contributed by atoms with Gasteiger partial charge in [-0.25, -0.2) is 9.78 Å². The number of benzene rings is 1. The molecule has 1 aromatic heterocycles. The Balaban J connectivity index is 1.67. The number of rotatable bonds is 4. The largest absolute Gasteiger partial charge is 0.394 e. The molecule has 1 atom stereocenters. The molecule has 2 heterocycles. The Morgan fingerprint density at radius 1 is 1.48 bits per heavy atom. The SMILES string of the molecule is CCc1nc(CNC(=O)N2CCc3ccccc3[C@@H]2CO)cs1. The average molecular weight is 331 g/mol. The van der Waals surface area contributed by atoms with Crippen LogP contribution in [0.3, 0.4) is 0 Å². The molecule has 3 rings (SSSR count). The van der Waals surface area contributed by atoms with Crippen molar-refractivity contribution >= 4 is 17.4 Å². The van der Waals surface area contributed by atoms with Gasteiger partial charge in [-0.2, -0.15) is 0 Å². The molecule has 0 spiro atoms. The van der Waals surface area contributed by atoms with Crippen LogP contribution in [0.5, 0.6) is 0 Å². The average Bonchev–Trinajstić information content (AvgIpc) is 3.06. The van der Waals surface area contributed by atoms with Gasteiger partial charge in [-0.1, -0.05) is 31.2 Å². The second-order valence-electron chi connectivity index (χ2n) is 5.59. The minimum absolute atomic E-state index is 0.0683. The molecule has 0 aliphatic carbocycles. The van der Waals surface area contributed by atoms with E-state index < -0.39 is 0 Å². The molecule has 1 aromatic carbocycles. The predicted octanol–water partition coefficient (Wildman–Crippen LogP) is 2.51. The van der Waals surface area contributed by atoms with E-state index in [1.165, 1.54) is 5.56 Å². The van der Waals surface area contributed by atoms with Gasteiger partial charge in [0.05, 0.1) is 29.9 Å². The van der Waals surface area contributed by atoms with Gasteiger partial charge in [0.15, 0.2) is 0 Å². The molecule has 1 aliphatic rings. The molecule has 6 heteroatoms. The van der Waals surface area contributed by atoms with Gasteiger partial charge in [0.2, 0.25) is 0 Å². The van der Waals surface area contributed by atoms with Crippen LogP contribution in [0.15, 0.2) is 29.6 Å². The van der Waals surface area contributed by atoms with Crippen molar-refractivity contribution < 1.29 is 9.90 Å². The van der Waals surface area contributed by atoms with Crippen molar-refractivity contribution in [1.29, 1.82) is 0 Å². The number of nitrogens with zero attached hydrogens (tertiary/aromatic N) is 2. The van der Waals surface area contributed by atoms with Crippen LogP contribution >= 0.6 is 11.3 Å². The number of urea groups is 1. The van der Waals surface area contributed by atoms with Crippen molar-refractivity contribution in [2.24, 2.45) is 0 Å². The first-order valence-corrected chi connectivity index (χ1v) is 8.77. The summed E-state index contributed by atoms with van der Waals surface area (Å²) in [4.78, 5) is 18.7. The Bertz CT molecular complexity index is 686. The maximum Gasteiger partial charge on any atom is 0.318 e. The highest BCUT2D eigenvalue weighted by Crippen LogP contribution is 2.29. The summed E-state index contributed by atoms with van der Waals surface area (Å²) in [6.07, 6.45) is 1.73. The zero-order chi connectivity index (χ0) is 16.2. The highest BCUT2D eigenvalue weighted by molar-refractivity contribution is 7.09. The number of fused-ring (bicyclic) bond motifs is 1. The minimum Gasteiger partial charge on any atom is -0.394 e. The Morgan fingerprint density at radius 2 is 2.30 bits per heavy atom. The lowest BCUT2D eigenvalue weighted by molar-refractivity contribution is 0.126. The second kappa shape index (κ2) is 7.10. The minimum atomic E-state index is -0.276. The molecular formula is C17H21N3O2S. The molecule has 23 heavy (non-hydrogen) atoms. The number of aliphatic hydroxyl groups excluding tert-OH is 1. The lowest BCUT2D eigenvalue weighted by atomic mass is 9.93. The quantitative estimate of drug-likeness (QED) is 0.905. The Hall–Kier alpha value is -1.92. The normalized spacial score (nSPS) is 17.0. The number of aliphatic hydroxyl groups is 1. The van der Waals surface area contributed by atoms with Gasteiger partial charge < -0.3 is 15.3 Å². The molecule has 122 valence electrons. The first-order valence-electron chi connectivity index (χ1n) is 7.89. The molecule has 0 radical (unpaired) electrons. The van der Waals surface area contributed by atoms with E-state index in [0.717, 1.165) is 29.1 Å². The van der Waals surface area contributed by atoms with Crippen LogP contribution in [0.4, 0.5) is 4.79 Å². The fraction of sp³-hybridized carbons (Fsp3) is 0.412. The summed E-state index contributed by atoms with van der Waals surface area (Å²) in [5.41, 5.74) is 3.14. The molecule has 0 fully saturated rings. The van der Waals surface area contributed by atoms with E-state index in [0.29, 0.717) is 13.1 Å². The van der Waals surface area contributed by atoms with Crippen molar-refractivity contribution in [1.82, 2.24) is 15.2 Å². The van der Waals surface area contributed by atoms with Crippen molar-refractivity contribution in [3.05, 3.63) is 51.5 Å². The fourth-order valence-electron chi connectivity index (χ4n) is 2.95. The molecule has 0 unspecified atom stereocenters. The maximum atomic E-state index is 12.5. The highest BCUT2D eigenvalue weighted by atomic mass is 32.1. The smallest absolute Gasteiger partial charge is 0.318 e. The lowest BCUT2D eigenvalue weighted by Gasteiger charge is -2.36. The van der Waals surface area contributed by atoms with Crippen LogP contribution in [0.2, 0.25) is 0 Å². The van der Waals surface area contributed by atoms with Crippen molar-refractivity contribution in [2.75, 3.05) is 13.2 Å². The predicted molar refractivity (Wildman–Crippen MR) is 90.4 cm³/mol. The number of hydrogen-bond donors (Lipinski definition) is 2. The summed E-state index contributed by atoms with van der Waals surface area (Å²) in [6, 6.07) is 7.57. The summed E-state index contributed by atoms with van der Waals surface area (Å²) < 4.78 is 0. The van der Waals surface area contributed by atoms with Gasteiger partial charge in [0.1, 0.15) is 0 Å². The Morgan fingerprint density at radius 3 is 3.04 bits per heavy atom. The second-order valence-corrected chi connectivity index (χ2v) is 6.53. The zero-order valence-electron chi connectivity index (χ0n) is 13.2. The monoisotopic (exact) mass is 331 g/mol. The summed E-state index contributed by atoms with van der Waals surface area (Å²) in [5, 5.41) is 15.7. The Labute approximate surface area is 140 Å². The third-order valence-corrected chi connectivity index (χ3v) is 5.21. The van der Waals surface area contributed by atoms with Crippen LogP contribution < -0.4 is 5.32 Å². The van der Waals surface area contributed by atoms with E-state index in [9.17, 15) is 9.90 Å². The highest BCUT2D eigenvalue weighted by Gasteiger charge is 2.29. The molecule has 0 bridgehead atoms. The van der Waals surface area contributed by atoms with Crippen molar-refractivity contribution in [3.63, 3.8) is 0 Å².